The molecule has 2 aromatic carbocycles. The van der Waals surface area contributed by atoms with Crippen LogP contribution in [-0.2, 0) is 0 Å². The van der Waals surface area contributed by atoms with Gasteiger partial charge in [-0.2, -0.15) is 0 Å². The number of halogens is 1. The van der Waals surface area contributed by atoms with E-state index in [1.807, 2.05) is 24.4 Å². The second kappa shape index (κ2) is 8.45. The van der Waals surface area contributed by atoms with Crippen molar-refractivity contribution in [1.82, 2.24) is 14.5 Å². The predicted octanol–water partition coefficient (Wildman–Crippen LogP) is 6.48. The molecule has 5 nitrogen and oxygen atoms in total. The van der Waals surface area contributed by atoms with Gasteiger partial charge >= 0.3 is 0 Å². The van der Waals surface area contributed by atoms with Gasteiger partial charge in [0.2, 0.25) is 0 Å². The van der Waals surface area contributed by atoms with Crippen molar-refractivity contribution in [3.8, 4) is 17.1 Å². The van der Waals surface area contributed by atoms with E-state index < -0.39 is 0 Å². The molecule has 0 radical (unpaired) electrons. The molecule has 33 heavy (non-hydrogen) atoms. The molecule has 0 bridgehead atoms. The van der Waals surface area contributed by atoms with Crippen molar-refractivity contribution in [2.24, 2.45) is 4.99 Å². The molecule has 6 rings (SSSR count). The molecule has 3 aromatic rings. The van der Waals surface area contributed by atoms with Crippen LogP contribution in [0.25, 0.3) is 28.1 Å². The minimum atomic E-state index is 0.381. The summed E-state index contributed by atoms with van der Waals surface area (Å²) in [6.07, 6.45) is 7.14. The third kappa shape index (κ3) is 3.91. The van der Waals surface area contributed by atoms with Crippen LogP contribution in [0.2, 0.25) is 0 Å². The highest BCUT2D eigenvalue weighted by Gasteiger charge is 2.19. The number of benzene rings is 3. The number of nitrogens with zero attached hydrogens (tertiary/aromatic N) is 4. The van der Waals surface area contributed by atoms with Gasteiger partial charge in [0.1, 0.15) is 0 Å². The summed E-state index contributed by atoms with van der Waals surface area (Å²) < 4.78 is 3.33. The first-order valence-corrected chi connectivity index (χ1v) is 12.0. The average Bonchev–Trinajstić information content (AvgIpc) is 2.81. The summed E-state index contributed by atoms with van der Waals surface area (Å²) >= 11 is 3.56. The van der Waals surface area contributed by atoms with Gasteiger partial charge in [0.25, 0.3) is 0 Å². The van der Waals surface area contributed by atoms with Gasteiger partial charge in [-0.05, 0) is 79.9 Å². The van der Waals surface area contributed by atoms with Crippen molar-refractivity contribution in [3.05, 3.63) is 95.0 Å². The normalized spacial score (nSPS) is 14.5. The van der Waals surface area contributed by atoms with Crippen LogP contribution in [0.1, 0.15) is 19.3 Å². The Morgan fingerprint density at radius 2 is 1.82 bits per heavy atom. The summed E-state index contributed by atoms with van der Waals surface area (Å²) in [6, 6.07) is 25.3. The zero-order valence-electron chi connectivity index (χ0n) is 17.9. The molecule has 1 saturated carbocycles. The van der Waals surface area contributed by atoms with Crippen molar-refractivity contribution < 1.29 is 0 Å². The molecular formula is C27H22BrN5. The Labute approximate surface area is 200 Å². The number of fused-ring (bicyclic) bond motifs is 2. The average molecular weight is 496 g/mol. The summed E-state index contributed by atoms with van der Waals surface area (Å²) in [7, 11) is 0. The van der Waals surface area contributed by atoms with Crippen molar-refractivity contribution in [3.63, 3.8) is 0 Å². The second-order valence-corrected chi connectivity index (χ2v) is 9.27. The SMILES string of the molecule is Brc1ccc(-n2c3c/c(=N\C4CCC4)c(Nc4cccnc4)cc-3nc3ccccc32)cc1. The van der Waals surface area contributed by atoms with Crippen LogP contribution in [0.3, 0.4) is 0 Å². The van der Waals surface area contributed by atoms with Crippen LogP contribution in [0.4, 0.5) is 11.4 Å². The minimum Gasteiger partial charge on any atom is -0.352 e. The van der Waals surface area contributed by atoms with E-state index in [9.17, 15) is 0 Å². The summed E-state index contributed by atoms with van der Waals surface area (Å²) in [4.78, 5) is 14.4. The van der Waals surface area contributed by atoms with Gasteiger partial charge in [0.15, 0.2) is 0 Å². The van der Waals surface area contributed by atoms with Crippen LogP contribution in [0.15, 0.2) is 94.7 Å². The second-order valence-electron chi connectivity index (χ2n) is 8.35. The predicted molar refractivity (Wildman–Crippen MR) is 136 cm³/mol. The van der Waals surface area contributed by atoms with Crippen LogP contribution in [0.5, 0.6) is 0 Å². The number of pyridine rings is 1. The van der Waals surface area contributed by atoms with Crippen molar-refractivity contribution in [1.29, 1.82) is 0 Å². The van der Waals surface area contributed by atoms with E-state index in [-0.39, 0.29) is 0 Å². The quantitative estimate of drug-likeness (QED) is 0.290. The van der Waals surface area contributed by atoms with Gasteiger partial charge < -0.3 is 9.88 Å². The first kappa shape index (κ1) is 20.1. The zero-order chi connectivity index (χ0) is 22.2. The van der Waals surface area contributed by atoms with Crippen molar-refractivity contribution >= 4 is 38.3 Å². The first-order chi connectivity index (χ1) is 16.2. The lowest BCUT2D eigenvalue weighted by molar-refractivity contribution is 0.413. The smallest absolute Gasteiger partial charge is 0.0900 e. The third-order valence-corrected chi connectivity index (χ3v) is 6.65. The number of anilines is 2. The molecule has 2 aliphatic carbocycles. The third-order valence-electron chi connectivity index (χ3n) is 6.12. The van der Waals surface area contributed by atoms with E-state index in [2.05, 4.69) is 85.4 Å². The van der Waals surface area contributed by atoms with E-state index in [4.69, 9.17) is 9.98 Å². The highest BCUT2D eigenvalue weighted by atomic mass is 79.9. The van der Waals surface area contributed by atoms with Crippen molar-refractivity contribution in [2.75, 3.05) is 5.32 Å². The lowest BCUT2D eigenvalue weighted by Gasteiger charge is -2.23. The number of nitrogens with one attached hydrogen (secondary N) is 1. The monoisotopic (exact) mass is 495 g/mol. The Balaban J connectivity index is 1.64. The molecule has 0 spiro atoms. The lowest BCUT2D eigenvalue weighted by atomic mass is 9.94. The van der Waals surface area contributed by atoms with Crippen LogP contribution in [-0.4, -0.2) is 20.6 Å². The first-order valence-electron chi connectivity index (χ1n) is 11.2. The molecule has 1 aromatic heterocycles. The summed E-state index contributed by atoms with van der Waals surface area (Å²) in [5, 5.41) is 4.48. The largest absolute Gasteiger partial charge is 0.352 e. The summed E-state index contributed by atoms with van der Waals surface area (Å²) in [5.74, 6) is 0. The maximum Gasteiger partial charge on any atom is 0.0900 e. The molecule has 0 saturated heterocycles. The number of rotatable bonds is 4. The molecule has 162 valence electrons. The standard InChI is InChI=1S/C27H22BrN5/c28-18-10-12-21(13-11-18)33-26-9-2-1-8-22(26)32-25-15-23(31-20-7-4-14-29-17-20)24(16-27(25)33)30-19-5-3-6-19/h1-2,4,7-17,19,31H,3,5-6H2/b30-24+. The molecule has 6 heteroatoms. The molecule has 2 heterocycles. The van der Waals surface area contributed by atoms with E-state index in [0.29, 0.717) is 6.04 Å². The van der Waals surface area contributed by atoms with Gasteiger partial charge in [-0.25, -0.2) is 4.98 Å². The van der Waals surface area contributed by atoms with E-state index in [1.54, 1.807) is 6.20 Å². The van der Waals surface area contributed by atoms with Crippen LogP contribution < -0.4 is 10.7 Å². The highest BCUT2D eigenvalue weighted by Crippen LogP contribution is 2.31. The number of para-hydroxylation sites is 2. The van der Waals surface area contributed by atoms with Crippen LogP contribution >= 0.6 is 15.9 Å². The number of hydrogen-bond donors (Lipinski definition) is 1. The number of hydrogen-bond acceptors (Lipinski definition) is 4. The lowest BCUT2D eigenvalue weighted by Crippen LogP contribution is -2.22. The van der Waals surface area contributed by atoms with Gasteiger partial charge in [-0.1, -0.05) is 28.1 Å². The molecule has 1 N–H and O–H groups in total. The van der Waals surface area contributed by atoms with E-state index in [0.717, 1.165) is 62.2 Å². The van der Waals surface area contributed by atoms with Gasteiger partial charge in [-0.15, -0.1) is 0 Å². The van der Waals surface area contributed by atoms with Gasteiger partial charge in [-0.3, -0.25) is 9.98 Å². The molecule has 3 aliphatic rings. The van der Waals surface area contributed by atoms with Gasteiger partial charge in [0, 0.05) is 16.4 Å². The maximum atomic E-state index is 5.11. The highest BCUT2D eigenvalue weighted by molar-refractivity contribution is 9.10. The minimum absolute atomic E-state index is 0.381. The number of aromatic nitrogens is 3. The summed E-state index contributed by atoms with van der Waals surface area (Å²) in [6.45, 7) is 0. The van der Waals surface area contributed by atoms with E-state index in [1.165, 1.54) is 6.42 Å². The van der Waals surface area contributed by atoms with Crippen molar-refractivity contribution in [2.45, 2.75) is 25.3 Å². The molecule has 1 aliphatic heterocycles. The molecule has 1 fully saturated rings. The van der Waals surface area contributed by atoms with E-state index >= 15 is 0 Å². The van der Waals surface area contributed by atoms with Gasteiger partial charge in [0.05, 0.1) is 51.4 Å². The Bertz CT molecular complexity index is 1470. The molecule has 0 atom stereocenters. The van der Waals surface area contributed by atoms with Crippen LogP contribution in [0, 0.1) is 0 Å². The fourth-order valence-corrected chi connectivity index (χ4v) is 4.49. The molecular weight excluding hydrogens is 474 g/mol. The summed E-state index contributed by atoms with van der Waals surface area (Å²) in [5.41, 5.74) is 6.93. The Morgan fingerprint density at radius 3 is 2.58 bits per heavy atom. The topological polar surface area (TPSA) is 55.1 Å². The fraction of sp³-hybridized carbons (Fsp3) is 0.148. The fourth-order valence-electron chi connectivity index (χ4n) is 4.22. The molecule has 0 amide bonds. The maximum absolute atomic E-state index is 5.11. The Kier molecular flexibility index (Phi) is 5.15. The Morgan fingerprint density at radius 1 is 0.970 bits per heavy atom. The molecule has 0 unspecified atom stereocenters. The zero-order valence-corrected chi connectivity index (χ0v) is 19.5. The Hall–Kier alpha value is -3.51.